The van der Waals surface area contributed by atoms with E-state index in [1.54, 1.807) is 0 Å². The van der Waals surface area contributed by atoms with Gasteiger partial charge in [-0.2, -0.15) is 13.2 Å². The second-order valence-electron chi connectivity index (χ2n) is 4.64. The Morgan fingerprint density at radius 2 is 1.90 bits per heavy atom. The van der Waals surface area contributed by atoms with E-state index < -0.39 is 28.1 Å². The number of hydrogen-bond acceptors (Lipinski definition) is 2. The van der Waals surface area contributed by atoms with Gasteiger partial charge < -0.3 is 11.1 Å². The van der Waals surface area contributed by atoms with Crippen LogP contribution in [0.15, 0.2) is 18.2 Å². The monoisotopic (exact) mass is 324 g/mol. The SMILES string of the molecule is CC(C)(C(=O)Nc1ccc(Cl)c(C(F)(F)F)c1)C(N)=S. The quantitative estimate of drug-likeness (QED) is 0.835. The molecule has 0 bridgehead atoms. The molecule has 0 aliphatic heterocycles. The van der Waals surface area contributed by atoms with Gasteiger partial charge in [0.25, 0.3) is 0 Å². The molecule has 0 aliphatic rings. The van der Waals surface area contributed by atoms with Crippen LogP contribution < -0.4 is 11.1 Å². The third-order valence-corrected chi connectivity index (χ3v) is 3.55. The number of thiocarbonyl (C=S) groups is 1. The predicted molar refractivity (Wildman–Crippen MR) is 75.7 cm³/mol. The maximum atomic E-state index is 12.7. The van der Waals surface area contributed by atoms with Crippen LogP contribution in [0.1, 0.15) is 19.4 Å². The zero-order chi connectivity index (χ0) is 15.7. The molecule has 8 heteroatoms. The van der Waals surface area contributed by atoms with Crippen LogP contribution in [0.2, 0.25) is 5.02 Å². The van der Waals surface area contributed by atoms with Crippen LogP contribution in [-0.4, -0.2) is 10.9 Å². The minimum absolute atomic E-state index is 0.0314. The van der Waals surface area contributed by atoms with Crippen LogP contribution in [0.25, 0.3) is 0 Å². The topological polar surface area (TPSA) is 55.1 Å². The van der Waals surface area contributed by atoms with Gasteiger partial charge in [0.2, 0.25) is 5.91 Å². The highest BCUT2D eigenvalue weighted by molar-refractivity contribution is 7.80. The van der Waals surface area contributed by atoms with Gasteiger partial charge in [-0.15, -0.1) is 0 Å². The van der Waals surface area contributed by atoms with E-state index in [0.29, 0.717) is 0 Å². The zero-order valence-corrected chi connectivity index (χ0v) is 12.2. The van der Waals surface area contributed by atoms with Crippen LogP contribution in [0.4, 0.5) is 18.9 Å². The Balaban J connectivity index is 3.07. The first-order valence-electron chi connectivity index (χ1n) is 5.44. The lowest BCUT2D eigenvalue weighted by atomic mass is 9.92. The fraction of sp³-hybridized carbons (Fsp3) is 0.333. The molecular weight excluding hydrogens is 313 g/mol. The third-order valence-electron chi connectivity index (χ3n) is 2.71. The molecule has 0 atom stereocenters. The molecule has 3 N–H and O–H groups in total. The van der Waals surface area contributed by atoms with Gasteiger partial charge in [0, 0.05) is 5.69 Å². The summed E-state index contributed by atoms with van der Waals surface area (Å²) < 4.78 is 38.1. The molecule has 0 heterocycles. The van der Waals surface area contributed by atoms with Gasteiger partial charge in [-0.3, -0.25) is 4.79 Å². The minimum Gasteiger partial charge on any atom is -0.392 e. The van der Waals surface area contributed by atoms with Gasteiger partial charge in [0.1, 0.15) is 0 Å². The predicted octanol–water partition coefficient (Wildman–Crippen LogP) is 3.61. The maximum absolute atomic E-state index is 12.7. The average Bonchev–Trinajstić information content (AvgIpc) is 2.29. The van der Waals surface area contributed by atoms with Gasteiger partial charge in [0.15, 0.2) is 0 Å². The van der Waals surface area contributed by atoms with Crippen LogP contribution >= 0.6 is 23.8 Å². The molecular formula is C12H12ClF3N2OS. The summed E-state index contributed by atoms with van der Waals surface area (Å²) in [5, 5.41) is 1.90. The van der Waals surface area contributed by atoms with Crippen molar-refractivity contribution >= 4 is 40.4 Å². The van der Waals surface area contributed by atoms with E-state index in [-0.39, 0.29) is 10.7 Å². The number of amides is 1. The lowest BCUT2D eigenvalue weighted by molar-refractivity contribution is -0.137. The van der Waals surface area contributed by atoms with Crippen molar-refractivity contribution in [1.82, 2.24) is 0 Å². The summed E-state index contributed by atoms with van der Waals surface area (Å²) in [5.41, 5.74) is 3.19. The third kappa shape index (κ3) is 3.61. The van der Waals surface area contributed by atoms with Crippen LogP contribution in [0, 0.1) is 5.41 Å². The largest absolute Gasteiger partial charge is 0.417 e. The van der Waals surface area contributed by atoms with Gasteiger partial charge >= 0.3 is 6.18 Å². The number of carbonyl (C=O) groups is 1. The van der Waals surface area contributed by atoms with E-state index in [0.717, 1.165) is 12.1 Å². The normalized spacial score (nSPS) is 12.1. The summed E-state index contributed by atoms with van der Waals surface area (Å²) in [5.74, 6) is -0.597. The molecule has 110 valence electrons. The molecule has 1 aromatic carbocycles. The lowest BCUT2D eigenvalue weighted by Crippen LogP contribution is -2.41. The molecule has 0 fully saturated rings. The van der Waals surface area contributed by atoms with Crippen molar-refractivity contribution < 1.29 is 18.0 Å². The van der Waals surface area contributed by atoms with Gasteiger partial charge in [-0.25, -0.2) is 0 Å². The fourth-order valence-corrected chi connectivity index (χ4v) is 1.54. The second-order valence-corrected chi connectivity index (χ2v) is 5.48. The molecule has 20 heavy (non-hydrogen) atoms. The molecule has 0 saturated heterocycles. The Hall–Kier alpha value is -1.34. The molecule has 1 rings (SSSR count). The molecule has 0 radical (unpaired) electrons. The van der Waals surface area contributed by atoms with Gasteiger partial charge in [-0.05, 0) is 32.0 Å². The van der Waals surface area contributed by atoms with E-state index in [4.69, 9.17) is 29.6 Å². The highest BCUT2D eigenvalue weighted by Gasteiger charge is 2.34. The van der Waals surface area contributed by atoms with Crippen molar-refractivity contribution in [2.45, 2.75) is 20.0 Å². The number of alkyl halides is 3. The summed E-state index contributed by atoms with van der Waals surface area (Å²) in [4.78, 5) is 11.9. The van der Waals surface area contributed by atoms with E-state index in [1.165, 1.54) is 19.9 Å². The van der Waals surface area contributed by atoms with Crippen LogP contribution in [0.5, 0.6) is 0 Å². The summed E-state index contributed by atoms with van der Waals surface area (Å²) in [6.07, 6.45) is -4.60. The number of nitrogens with two attached hydrogens (primary N) is 1. The number of carbonyl (C=O) groups excluding carboxylic acids is 1. The second kappa shape index (κ2) is 5.57. The average molecular weight is 325 g/mol. The molecule has 0 unspecified atom stereocenters. The zero-order valence-electron chi connectivity index (χ0n) is 10.6. The van der Waals surface area contributed by atoms with E-state index in [9.17, 15) is 18.0 Å². The molecule has 3 nitrogen and oxygen atoms in total. The van der Waals surface area contributed by atoms with Crippen molar-refractivity contribution in [1.29, 1.82) is 0 Å². The highest BCUT2D eigenvalue weighted by atomic mass is 35.5. The summed E-state index contributed by atoms with van der Waals surface area (Å²) in [6, 6.07) is 3.09. The Bertz CT molecular complexity index is 558. The maximum Gasteiger partial charge on any atom is 0.417 e. The Kier molecular flexibility index (Phi) is 4.66. The van der Waals surface area contributed by atoms with Crippen molar-refractivity contribution in [2.75, 3.05) is 5.32 Å². The Labute approximate surface area is 124 Å². The van der Waals surface area contributed by atoms with Crippen molar-refractivity contribution in [3.63, 3.8) is 0 Å². The molecule has 0 aromatic heterocycles. The fourth-order valence-electron chi connectivity index (χ4n) is 1.22. The van der Waals surface area contributed by atoms with Crippen molar-refractivity contribution in [2.24, 2.45) is 11.1 Å². The number of benzene rings is 1. The first-order chi connectivity index (χ1) is 8.96. The van der Waals surface area contributed by atoms with Crippen molar-refractivity contribution in [3.05, 3.63) is 28.8 Å². The number of hydrogen-bond donors (Lipinski definition) is 2. The van der Waals surface area contributed by atoms with Gasteiger partial charge in [-0.1, -0.05) is 23.8 Å². The Morgan fingerprint density at radius 1 is 1.35 bits per heavy atom. The molecule has 0 saturated carbocycles. The van der Waals surface area contributed by atoms with Crippen LogP contribution in [-0.2, 0) is 11.0 Å². The smallest absolute Gasteiger partial charge is 0.392 e. The first-order valence-corrected chi connectivity index (χ1v) is 6.23. The molecule has 1 amide bonds. The van der Waals surface area contributed by atoms with Crippen molar-refractivity contribution in [3.8, 4) is 0 Å². The van der Waals surface area contributed by atoms with E-state index in [1.807, 2.05) is 0 Å². The number of rotatable bonds is 3. The Morgan fingerprint density at radius 3 is 2.35 bits per heavy atom. The standard InChI is InChI=1S/C12H12ClF3N2OS/c1-11(2,9(17)20)10(19)18-6-3-4-8(13)7(5-6)12(14,15)16/h3-5H,1-2H3,(H2,17,20)(H,18,19). The molecule has 0 spiro atoms. The van der Waals surface area contributed by atoms with E-state index in [2.05, 4.69) is 5.32 Å². The molecule has 1 aromatic rings. The number of halogens is 4. The highest BCUT2D eigenvalue weighted by Crippen LogP contribution is 2.36. The van der Waals surface area contributed by atoms with Gasteiger partial charge in [0.05, 0.1) is 21.0 Å². The first kappa shape index (κ1) is 16.7. The van der Waals surface area contributed by atoms with E-state index >= 15 is 0 Å². The minimum atomic E-state index is -4.60. The summed E-state index contributed by atoms with van der Waals surface area (Å²) in [7, 11) is 0. The lowest BCUT2D eigenvalue weighted by Gasteiger charge is -2.22. The number of nitrogens with one attached hydrogen (secondary N) is 1. The summed E-state index contributed by atoms with van der Waals surface area (Å²) >= 11 is 10.2. The van der Waals surface area contributed by atoms with Crippen LogP contribution in [0.3, 0.4) is 0 Å². The molecule has 0 aliphatic carbocycles. The summed E-state index contributed by atoms with van der Waals surface area (Å²) in [6.45, 7) is 2.95. The number of anilines is 1.